The van der Waals surface area contributed by atoms with Crippen LogP contribution >= 0.6 is 11.3 Å². The number of carbonyl (C=O) groups excluding carboxylic acids is 1. The number of hydrogen-bond donors (Lipinski definition) is 3. The number of nitriles is 1. The lowest BCUT2D eigenvalue weighted by atomic mass is 10.1. The molecule has 1 aliphatic carbocycles. The molecule has 0 spiro atoms. The van der Waals surface area contributed by atoms with E-state index in [-0.39, 0.29) is 24.6 Å². The van der Waals surface area contributed by atoms with Gasteiger partial charge in [-0.25, -0.2) is 4.98 Å². The molecule has 0 aliphatic heterocycles. The number of nitrogens with zero attached hydrogens (tertiary/aromatic N) is 2. The maximum Gasteiger partial charge on any atom is 0.230 e. The molecule has 1 saturated carbocycles. The molecule has 0 unspecified atom stereocenters. The molecule has 0 bridgehead atoms. The third kappa shape index (κ3) is 4.76. The summed E-state index contributed by atoms with van der Waals surface area (Å²) in [5, 5.41) is 28.2. The number of carbonyl (C=O) groups is 1. The van der Waals surface area contributed by atoms with Crippen LogP contribution in [0, 0.1) is 22.1 Å². The van der Waals surface area contributed by atoms with Gasteiger partial charge in [0.2, 0.25) is 5.91 Å². The smallest absolute Gasteiger partial charge is 0.230 e. The minimum Gasteiger partial charge on any atom is -0.494 e. The zero-order valence-electron chi connectivity index (χ0n) is 17.4. The summed E-state index contributed by atoms with van der Waals surface area (Å²) in [7, 11) is 1.60. The molecule has 32 heavy (non-hydrogen) atoms. The molecule has 2 aromatic carbocycles. The topological polar surface area (TPSA) is 132 Å². The largest absolute Gasteiger partial charge is 0.494 e. The molecule has 4 rings (SSSR count). The molecule has 3 N–H and O–H groups in total. The molecule has 162 valence electrons. The lowest BCUT2D eigenvalue weighted by molar-refractivity contribution is -0.120. The van der Waals surface area contributed by atoms with Gasteiger partial charge in [0.25, 0.3) is 0 Å². The van der Waals surface area contributed by atoms with Crippen molar-refractivity contribution >= 4 is 39.3 Å². The number of fused-ring (bicyclic) bond motifs is 1. The molecule has 1 aromatic heterocycles. The van der Waals surface area contributed by atoms with Crippen molar-refractivity contribution in [2.75, 3.05) is 7.11 Å². The second-order valence-electron chi connectivity index (χ2n) is 7.54. The van der Waals surface area contributed by atoms with Crippen LogP contribution < -0.4 is 10.1 Å². The van der Waals surface area contributed by atoms with E-state index in [9.17, 15) is 4.79 Å². The maximum atomic E-state index is 12.0. The van der Waals surface area contributed by atoms with E-state index in [1.54, 1.807) is 7.11 Å². The first kappa shape index (κ1) is 21.5. The average molecular weight is 448 g/mol. The van der Waals surface area contributed by atoms with Crippen LogP contribution in [0.25, 0.3) is 21.3 Å². The number of methoxy groups -OCH3 is 1. The highest BCUT2D eigenvalue weighted by molar-refractivity contribution is 7.18. The Kier molecular flexibility index (Phi) is 5.88. The fourth-order valence-electron chi connectivity index (χ4n) is 3.28. The van der Waals surface area contributed by atoms with Gasteiger partial charge in [-0.15, -0.1) is 11.3 Å². The van der Waals surface area contributed by atoms with Crippen molar-refractivity contribution in [3.8, 4) is 22.9 Å². The fraction of sp³-hybridized carbons (Fsp3) is 0.261. The van der Waals surface area contributed by atoms with Gasteiger partial charge in [0.05, 0.1) is 24.3 Å². The summed E-state index contributed by atoms with van der Waals surface area (Å²) < 4.78 is 11.6. The quantitative estimate of drug-likeness (QED) is 0.371. The highest BCUT2D eigenvalue weighted by Gasteiger charge is 2.44. The highest BCUT2D eigenvalue weighted by Crippen LogP contribution is 2.36. The standard InChI is InChI=1S/C23H21N5O3S/c1-30-16-9-15(14-5-3-2-4-6-14)10-17-22(16)27-21(32-17)12-19(26)31-18(25)11-20(29)28-23(13-24)7-8-23/h2-6,9-10,25-26H,7-8,11-12H2,1H3,(H,28,29). The Balaban J connectivity index is 1.42. The summed E-state index contributed by atoms with van der Waals surface area (Å²) in [6.07, 6.45) is 1.01. The van der Waals surface area contributed by atoms with E-state index in [4.69, 9.17) is 25.6 Å². The van der Waals surface area contributed by atoms with E-state index in [1.807, 2.05) is 42.5 Å². The molecule has 8 nitrogen and oxygen atoms in total. The number of rotatable bonds is 7. The Bertz CT molecular complexity index is 1240. The van der Waals surface area contributed by atoms with Crippen LogP contribution in [0.5, 0.6) is 5.75 Å². The van der Waals surface area contributed by atoms with Gasteiger partial charge in [0, 0.05) is 0 Å². The summed E-state index contributed by atoms with van der Waals surface area (Å²) >= 11 is 1.43. The van der Waals surface area contributed by atoms with Gasteiger partial charge in [-0.3, -0.25) is 15.6 Å². The Labute approximate surface area is 188 Å². The molecule has 3 aromatic rings. The molecular formula is C23H21N5O3S. The number of thiazole rings is 1. The van der Waals surface area contributed by atoms with Gasteiger partial charge in [-0.1, -0.05) is 30.3 Å². The Morgan fingerprint density at radius 2 is 1.97 bits per heavy atom. The summed E-state index contributed by atoms with van der Waals surface area (Å²) in [5.74, 6) is -0.330. The SMILES string of the molecule is COc1cc(-c2ccccc2)cc2sc(CC(=N)OC(=N)CC(=O)NC3(C#N)CC3)nc12. The first-order chi connectivity index (χ1) is 15.4. The van der Waals surface area contributed by atoms with E-state index in [0.29, 0.717) is 29.1 Å². The first-order valence-electron chi connectivity index (χ1n) is 9.99. The number of benzene rings is 2. The van der Waals surface area contributed by atoms with Gasteiger partial charge < -0.3 is 14.8 Å². The number of amides is 1. The van der Waals surface area contributed by atoms with Crippen molar-refractivity contribution in [1.29, 1.82) is 16.1 Å². The zero-order valence-corrected chi connectivity index (χ0v) is 18.2. The molecule has 1 fully saturated rings. The summed E-state index contributed by atoms with van der Waals surface area (Å²) in [5.41, 5.74) is 1.99. The maximum absolute atomic E-state index is 12.0. The van der Waals surface area contributed by atoms with Crippen LogP contribution in [0.2, 0.25) is 0 Å². The molecule has 0 radical (unpaired) electrons. The zero-order chi connectivity index (χ0) is 22.7. The molecule has 1 heterocycles. The monoisotopic (exact) mass is 447 g/mol. The Morgan fingerprint density at radius 3 is 2.62 bits per heavy atom. The molecular weight excluding hydrogens is 426 g/mol. The van der Waals surface area contributed by atoms with Gasteiger partial charge in [0.15, 0.2) is 11.8 Å². The minimum absolute atomic E-state index is 0.0926. The van der Waals surface area contributed by atoms with Gasteiger partial charge in [0.1, 0.15) is 28.2 Å². The lowest BCUT2D eigenvalue weighted by Gasteiger charge is -2.10. The van der Waals surface area contributed by atoms with Crippen LogP contribution in [0.15, 0.2) is 42.5 Å². The van der Waals surface area contributed by atoms with Crippen molar-refractivity contribution < 1.29 is 14.3 Å². The van der Waals surface area contributed by atoms with E-state index in [0.717, 1.165) is 15.8 Å². The van der Waals surface area contributed by atoms with Gasteiger partial charge >= 0.3 is 0 Å². The van der Waals surface area contributed by atoms with Gasteiger partial charge in [-0.05, 0) is 36.1 Å². The van der Waals surface area contributed by atoms with Crippen molar-refractivity contribution in [3.05, 3.63) is 47.5 Å². The van der Waals surface area contributed by atoms with Crippen molar-refractivity contribution in [1.82, 2.24) is 10.3 Å². The van der Waals surface area contributed by atoms with Crippen LogP contribution in [0.1, 0.15) is 24.3 Å². The first-order valence-corrected chi connectivity index (χ1v) is 10.8. The summed E-state index contributed by atoms with van der Waals surface area (Å²) in [4.78, 5) is 16.5. The van der Waals surface area contributed by atoms with E-state index in [2.05, 4.69) is 16.4 Å². The fourth-order valence-corrected chi connectivity index (χ4v) is 4.30. The normalized spacial score (nSPS) is 13.8. The summed E-state index contributed by atoms with van der Waals surface area (Å²) in [6, 6.07) is 16.0. The van der Waals surface area contributed by atoms with Crippen molar-refractivity contribution in [2.45, 2.75) is 31.2 Å². The minimum atomic E-state index is -0.788. The van der Waals surface area contributed by atoms with Crippen molar-refractivity contribution in [3.63, 3.8) is 0 Å². The third-order valence-corrected chi connectivity index (χ3v) is 6.06. The molecule has 9 heteroatoms. The molecule has 1 amide bonds. The Morgan fingerprint density at radius 1 is 1.22 bits per heavy atom. The van der Waals surface area contributed by atoms with E-state index < -0.39 is 11.4 Å². The third-order valence-electron chi connectivity index (χ3n) is 5.05. The van der Waals surface area contributed by atoms with Gasteiger partial charge in [-0.2, -0.15) is 5.26 Å². The number of ether oxygens (including phenoxy) is 2. The lowest BCUT2D eigenvalue weighted by Crippen LogP contribution is -2.37. The van der Waals surface area contributed by atoms with E-state index >= 15 is 0 Å². The molecule has 1 aliphatic rings. The van der Waals surface area contributed by atoms with Crippen LogP contribution in [0.3, 0.4) is 0 Å². The highest BCUT2D eigenvalue weighted by atomic mass is 32.1. The second-order valence-corrected chi connectivity index (χ2v) is 8.66. The van der Waals surface area contributed by atoms with E-state index in [1.165, 1.54) is 11.3 Å². The number of hydrogen-bond acceptors (Lipinski definition) is 8. The van der Waals surface area contributed by atoms with Crippen molar-refractivity contribution in [2.24, 2.45) is 0 Å². The molecule has 0 atom stereocenters. The van der Waals surface area contributed by atoms with Crippen LogP contribution in [-0.4, -0.2) is 35.3 Å². The second kappa shape index (κ2) is 8.77. The Hall–Kier alpha value is -3.77. The summed E-state index contributed by atoms with van der Waals surface area (Å²) in [6.45, 7) is 0. The van der Waals surface area contributed by atoms with Crippen LogP contribution in [0.4, 0.5) is 0 Å². The van der Waals surface area contributed by atoms with Crippen LogP contribution in [-0.2, 0) is 16.0 Å². The number of nitrogens with one attached hydrogen (secondary N) is 3. The molecule has 0 saturated heterocycles. The predicted octanol–water partition coefficient (Wildman–Crippen LogP) is 4.05. The average Bonchev–Trinajstić information content (AvgIpc) is 3.42. The predicted molar refractivity (Wildman–Crippen MR) is 122 cm³/mol. The number of aromatic nitrogens is 1.